The molecule has 1 saturated carbocycles. The lowest BCUT2D eigenvalue weighted by atomic mass is 10.1. The van der Waals surface area contributed by atoms with Gasteiger partial charge < -0.3 is 15.2 Å². The van der Waals surface area contributed by atoms with Crippen LogP contribution >= 0.6 is 0 Å². The number of aromatic nitrogens is 4. The number of anilines is 1. The number of piperidine rings is 1. The van der Waals surface area contributed by atoms with E-state index in [1.807, 2.05) is 4.57 Å². The molecule has 1 aliphatic carbocycles. The number of hydrogen-bond donors (Lipinski definition) is 1. The summed E-state index contributed by atoms with van der Waals surface area (Å²) >= 11 is 0. The largest absolute Gasteiger partial charge is 0.341 e. The average molecular weight is 346 g/mol. The minimum absolute atomic E-state index is 0.119. The van der Waals surface area contributed by atoms with Crippen LogP contribution in [0.3, 0.4) is 0 Å². The van der Waals surface area contributed by atoms with Gasteiger partial charge in [-0.1, -0.05) is 6.92 Å². The van der Waals surface area contributed by atoms with Crippen molar-refractivity contribution in [1.82, 2.24) is 18.7 Å². The van der Waals surface area contributed by atoms with Gasteiger partial charge in [0.25, 0.3) is 5.56 Å². The highest BCUT2D eigenvalue weighted by molar-refractivity contribution is 5.74. The van der Waals surface area contributed by atoms with Crippen LogP contribution in [0.2, 0.25) is 0 Å². The standard InChI is InChI=1S/C17H26N6O2/c1-10-7-11(10)8-23-13-14(20(2)17(25)21(3)15(13)24)19-16(23)22-6-4-5-12(18)9-22/h10-12H,4-9,18H2,1-3H3. The first-order chi connectivity index (χ1) is 11.9. The number of nitrogens with zero attached hydrogens (tertiary/aromatic N) is 5. The molecule has 2 aromatic heterocycles. The second-order valence-corrected chi connectivity index (χ2v) is 7.72. The average Bonchev–Trinajstić information content (AvgIpc) is 3.14. The molecular weight excluding hydrogens is 320 g/mol. The molecule has 0 bridgehead atoms. The molecule has 2 aromatic rings. The zero-order valence-corrected chi connectivity index (χ0v) is 15.1. The molecule has 8 nitrogen and oxygen atoms in total. The quantitative estimate of drug-likeness (QED) is 0.846. The summed E-state index contributed by atoms with van der Waals surface area (Å²) in [5.41, 5.74) is 6.53. The first-order valence-corrected chi connectivity index (χ1v) is 9.05. The Morgan fingerprint density at radius 3 is 2.60 bits per heavy atom. The molecule has 3 unspecified atom stereocenters. The molecule has 136 valence electrons. The summed E-state index contributed by atoms with van der Waals surface area (Å²) < 4.78 is 4.67. The molecule has 2 fully saturated rings. The topological polar surface area (TPSA) is 91.1 Å². The van der Waals surface area contributed by atoms with Crippen LogP contribution in [0.1, 0.15) is 26.2 Å². The fourth-order valence-corrected chi connectivity index (χ4v) is 3.93. The third kappa shape index (κ3) is 2.59. The van der Waals surface area contributed by atoms with Crippen LogP contribution in [0.5, 0.6) is 0 Å². The molecule has 3 heterocycles. The Hall–Kier alpha value is -2.09. The first-order valence-electron chi connectivity index (χ1n) is 9.05. The fourth-order valence-electron chi connectivity index (χ4n) is 3.93. The fraction of sp³-hybridized carbons (Fsp3) is 0.706. The Morgan fingerprint density at radius 2 is 1.96 bits per heavy atom. The molecule has 8 heteroatoms. The van der Waals surface area contributed by atoms with Gasteiger partial charge in [-0.15, -0.1) is 0 Å². The number of hydrogen-bond acceptors (Lipinski definition) is 5. The van der Waals surface area contributed by atoms with Crippen LogP contribution in [-0.4, -0.2) is 37.8 Å². The number of nitrogens with two attached hydrogens (primary N) is 1. The molecule has 0 spiro atoms. The van der Waals surface area contributed by atoms with Gasteiger partial charge in [0.05, 0.1) is 0 Å². The summed E-state index contributed by atoms with van der Waals surface area (Å²) in [4.78, 5) is 32.0. The number of rotatable bonds is 3. The molecule has 1 saturated heterocycles. The SMILES string of the molecule is CC1CC1Cn1c(N2CCCC(N)C2)nc2c1c(=O)n(C)c(=O)n2C. The normalized spacial score (nSPS) is 26.4. The van der Waals surface area contributed by atoms with Crippen molar-refractivity contribution in [3.63, 3.8) is 0 Å². The van der Waals surface area contributed by atoms with Gasteiger partial charge in [0.1, 0.15) is 0 Å². The Bertz CT molecular complexity index is 939. The highest BCUT2D eigenvalue weighted by Gasteiger charge is 2.35. The number of imidazole rings is 1. The zero-order chi connectivity index (χ0) is 17.9. The van der Waals surface area contributed by atoms with E-state index in [1.165, 1.54) is 22.6 Å². The summed E-state index contributed by atoms with van der Waals surface area (Å²) in [5, 5.41) is 0. The molecule has 0 amide bonds. The van der Waals surface area contributed by atoms with E-state index in [4.69, 9.17) is 10.7 Å². The Labute approximate surface area is 145 Å². The van der Waals surface area contributed by atoms with Gasteiger partial charge >= 0.3 is 5.69 Å². The molecule has 1 aliphatic heterocycles. The van der Waals surface area contributed by atoms with Gasteiger partial charge in [-0.05, 0) is 31.1 Å². The van der Waals surface area contributed by atoms with Gasteiger partial charge in [-0.25, -0.2) is 4.79 Å². The Balaban J connectivity index is 1.93. The van der Waals surface area contributed by atoms with E-state index in [-0.39, 0.29) is 17.3 Å². The summed E-state index contributed by atoms with van der Waals surface area (Å²) in [7, 11) is 3.20. The van der Waals surface area contributed by atoms with E-state index >= 15 is 0 Å². The van der Waals surface area contributed by atoms with Crippen LogP contribution in [0.25, 0.3) is 11.2 Å². The predicted octanol–water partition coefficient (Wildman–Crippen LogP) is 0.0172. The third-order valence-corrected chi connectivity index (χ3v) is 5.76. The second-order valence-electron chi connectivity index (χ2n) is 7.72. The maximum Gasteiger partial charge on any atom is 0.332 e. The van der Waals surface area contributed by atoms with Gasteiger partial charge in [0, 0.05) is 39.8 Å². The van der Waals surface area contributed by atoms with Crippen LogP contribution in [-0.2, 0) is 20.6 Å². The minimum Gasteiger partial charge on any atom is -0.341 e. The van der Waals surface area contributed by atoms with Crippen LogP contribution < -0.4 is 21.9 Å². The first kappa shape index (κ1) is 16.4. The maximum absolute atomic E-state index is 12.8. The minimum atomic E-state index is -0.344. The van der Waals surface area contributed by atoms with Gasteiger partial charge in [0.15, 0.2) is 11.2 Å². The molecule has 2 N–H and O–H groups in total. The molecule has 2 aliphatic rings. The van der Waals surface area contributed by atoms with Crippen molar-refractivity contribution in [3.8, 4) is 0 Å². The van der Waals surface area contributed by atoms with E-state index in [0.29, 0.717) is 23.0 Å². The van der Waals surface area contributed by atoms with Gasteiger partial charge in [-0.2, -0.15) is 4.98 Å². The van der Waals surface area contributed by atoms with Crippen molar-refractivity contribution in [3.05, 3.63) is 20.8 Å². The second kappa shape index (κ2) is 5.72. The summed E-state index contributed by atoms with van der Waals surface area (Å²) in [6.45, 7) is 4.61. The van der Waals surface area contributed by atoms with Crippen molar-refractivity contribution < 1.29 is 0 Å². The highest BCUT2D eigenvalue weighted by atomic mass is 16.2. The lowest BCUT2D eigenvalue weighted by Crippen LogP contribution is -2.44. The molecule has 0 aromatic carbocycles. The monoisotopic (exact) mass is 346 g/mol. The van der Waals surface area contributed by atoms with Crippen molar-refractivity contribution in [2.75, 3.05) is 18.0 Å². The molecular formula is C17H26N6O2. The zero-order valence-electron chi connectivity index (χ0n) is 15.1. The third-order valence-electron chi connectivity index (χ3n) is 5.76. The predicted molar refractivity (Wildman–Crippen MR) is 96.9 cm³/mol. The summed E-state index contributed by atoms with van der Waals surface area (Å²) in [6, 6.07) is 0.119. The summed E-state index contributed by atoms with van der Waals surface area (Å²) in [6.07, 6.45) is 3.20. The van der Waals surface area contributed by atoms with Crippen molar-refractivity contribution in [1.29, 1.82) is 0 Å². The molecule has 25 heavy (non-hydrogen) atoms. The van der Waals surface area contributed by atoms with Crippen LogP contribution in [0, 0.1) is 11.8 Å². The van der Waals surface area contributed by atoms with Gasteiger partial charge in [-0.3, -0.25) is 13.9 Å². The van der Waals surface area contributed by atoms with Crippen LogP contribution in [0.4, 0.5) is 5.95 Å². The Kier molecular flexibility index (Phi) is 3.75. The maximum atomic E-state index is 12.8. The van der Waals surface area contributed by atoms with E-state index in [9.17, 15) is 9.59 Å². The summed E-state index contributed by atoms with van der Waals surface area (Å²) in [5.74, 6) is 2.02. The number of aryl methyl sites for hydroxylation is 1. The molecule has 4 rings (SSSR count). The van der Waals surface area contributed by atoms with E-state index in [2.05, 4.69) is 11.8 Å². The van der Waals surface area contributed by atoms with E-state index in [1.54, 1.807) is 7.05 Å². The van der Waals surface area contributed by atoms with Crippen LogP contribution in [0.15, 0.2) is 9.59 Å². The molecule has 3 atom stereocenters. The molecule has 0 radical (unpaired) electrons. The Morgan fingerprint density at radius 1 is 1.24 bits per heavy atom. The lowest BCUT2D eigenvalue weighted by Gasteiger charge is -2.31. The van der Waals surface area contributed by atoms with E-state index < -0.39 is 0 Å². The van der Waals surface area contributed by atoms with E-state index in [0.717, 1.165) is 38.4 Å². The highest BCUT2D eigenvalue weighted by Crippen LogP contribution is 2.40. The lowest BCUT2D eigenvalue weighted by molar-refractivity contribution is 0.489. The van der Waals surface area contributed by atoms with Gasteiger partial charge in [0.2, 0.25) is 5.95 Å². The van der Waals surface area contributed by atoms with Crippen molar-refractivity contribution in [2.24, 2.45) is 31.7 Å². The van der Waals surface area contributed by atoms with Crippen molar-refractivity contribution in [2.45, 2.75) is 38.8 Å². The van der Waals surface area contributed by atoms with Crippen molar-refractivity contribution >= 4 is 17.1 Å². The smallest absolute Gasteiger partial charge is 0.332 e. The number of fused-ring (bicyclic) bond motifs is 1.